The van der Waals surface area contributed by atoms with Gasteiger partial charge in [-0.05, 0) is 43.2 Å². The van der Waals surface area contributed by atoms with Gasteiger partial charge in [-0.1, -0.05) is 30.3 Å². The molecule has 0 amide bonds. The van der Waals surface area contributed by atoms with Gasteiger partial charge in [-0.15, -0.1) is 10.2 Å². The van der Waals surface area contributed by atoms with Crippen LogP contribution in [0.1, 0.15) is 42.8 Å². The first-order chi connectivity index (χ1) is 15.0. The Morgan fingerprint density at radius 1 is 0.968 bits per heavy atom. The van der Waals surface area contributed by atoms with Gasteiger partial charge in [0.05, 0.1) is 0 Å². The van der Waals surface area contributed by atoms with Gasteiger partial charge in [0.1, 0.15) is 11.5 Å². The van der Waals surface area contributed by atoms with Crippen LogP contribution in [-0.2, 0) is 19.1 Å². The molecule has 5 nitrogen and oxygen atoms in total. The number of nitrogens with zero attached hydrogens (tertiary/aromatic N) is 4. The van der Waals surface area contributed by atoms with Crippen LogP contribution in [0.2, 0.25) is 0 Å². The molecule has 1 aromatic carbocycles. The maximum atomic E-state index is 13.9. The molecule has 1 saturated carbocycles. The maximum absolute atomic E-state index is 13.9. The molecule has 1 N–H and O–H groups in total. The Kier molecular flexibility index (Phi) is 5.33. The lowest BCUT2D eigenvalue weighted by molar-refractivity contribution is -0.142. The van der Waals surface area contributed by atoms with Crippen molar-refractivity contribution >= 4 is 11.3 Å². The SMILES string of the molecule is FC(F)(F)c1cc(N2CCC(NCc3ccccc3)CC2)cc2nnc(CC3CC3)n12. The molecule has 3 heterocycles. The number of anilines is 1. The number of alkyl halides is 3. The van der Waals surface area contributed by atoms with E-state index >= 15 is 0 Å². The van der Waals surface area contributed by atoms with Gasteiger partial charge in [-0.2, -0.15) is 13.2 Å². The molecule has 2 fully saturated rings. The summed E-state index contributed by atoms with van der Waals surface area (Å²) in [4.78, 5) is 2.03. The van der Waals surface area contributed by atoms with Gasteiger partial charge in [-0.3, -0.25) is 4.40 Å². The molecule has 3 aromatic rings. The topological polar surface area (TPSA) is 45.5 Å². The Balaban J connectivity index is 1.31. The number of aromatic nitrogens is 3. The third kappa shape index (κ3) is 4.54. The van der Waals surface area contributed by atoms with Crippen LogP contribution < -0.4 is 10.2 Å². The quantitative estimate of drug-likeness (QED) is 0.629. The van der Waals surface area contributed by atoms with Crippen molar-refractivity contribution in [2.75, 3.05) is 18.0 Å². The van der Waals surface area contributed by atoms with Crippen LogP contribution in [0, 0.1) is 5.92 Å². The Labute approximate surface area is 179 Å². The van der Waals surface area contributed by atoms with Crippen molar-refractivity contribution in [2.24, 2.45) is 5.92 Å². The fraction of sp³-hybridized carbons (Fsp3) is 0.478. The molecule has 1 aliphatic heterocycles. The summed E-state index contributed by atoms with van der Waals surface area (Å²) in [6.45, 7) is 2.23. The summed E-state index contributed by atoms with van der Waals surface area (Å²) in [5.74, 6) is 0.857. The Morgan fingerprint density at radius 2 is 1.71 bits per heavy atom. The number of pyridine rings is 1. The van der Waals surface area contributed by atoms with Crippen LogP contribution in [0.5, 0.6) is 0 Å². The largest absolute Gasteiger partial charge is 0.431 e. The van der Waals surface area contributed by atoms with E-state index in [9.17, 15) is 13.2 Å². The standard InChI is InChI=1S/C23H26F3N5/c24-23(25,26)20-13-19(14-22-29-28-21(31(20)22)12-16-6-7-16)30-10-8-18(9-11-30)27-15-17-4-2-1-3-5-17/h1-5,13-14,16,18,27H,6-12,15H2. The average molecular weight is 429 g/mol. The second-order valence-electron chi connectivity index (χ2n) is 8.68. The fourth-order valence-corrected chi connectivity index (χ4v) is 4.37. The smallest absolute Gasteiger partial charge is 0.371 e. The molecule has 1 saturated heterocycles. The highest BCUT2D eigenvalue weighted by Crippen LogP contribution is 2.36. The van der Waals surface area contributed by atoms with Crippen LogP contribution in [-0.4, -0.2) is 33.7 Å². The van der Waals surface area contributed by atoms with E-state index in [2.05, 4.69) is 27.6 Å². The first kappa shape index (κ1) is 20.3. The van der Waals surface area contributed by atoms with Crippen molar-refractivity contribution in [1.82, 2.24) is 19.9 Å². The van der Waals surface area contributed by atoms with E-state index in [1.165, 1.54) is 16.0 Å². The second-order valence-corrected chi connectivity index (χ2v) is 8.68. The summed E-state index contributed by atoms with van der Waals surface area (Å²) in [6, 6.07) is 13.6. The van der Waals surface area contributed by atoms with Gasteiger partial charge < -0.3 is 10.2 Å². The van der Waals surface area contributed by atoms with E-state index in [4.69, 9.17) is 0 Å². The molecule has 1 aliphatic carbocycles. The zero-order valence-electron chi connectivity index (χ0n) is 17.3. The predicted octanol–water partition coefficient (Wildman–Crippen LogP) is 4.46. The lowest BCUT2D eigenvalue weighted by Gasteiger charge is -2.34. The molecule has 2 aromatic heterocycles. The van der Waals surface area contributed by atoms with Crippen LogP contribution >= 0.6 is 0 Å². The maximum Gasteiger partial charge on any atom is 0.431 e. The minimum absolute atomic E-state index is 0.282. The van der Waals surface area contributed by atoms with Crippen molar-refractivity contribution in [1.29, 1.82) is 0 Å². The molecule has 5 rings (SSSR count). The molecule has 8 heteroatoms. The van der Waals surface area contributed by atoms with E-state index < -0.39 is 11.9 Å². The fourth-order valence-electron chi connectivity index (χ4n) is 4.37. The highest BCUT2D eigenvalue weighted by molar-refractivity contribution is 5.59. The van der Waals surface area contributed by atoms with Crippen molar-refractivity contribution in [3.63, 3.8) is 0 Å². The minimum Gasteiger partial charge on any atom is -0.371 e. The number of fused-ring (bicyclic) bond motifs is 1. The number of rotatable bonds is 6. The monoisotopic (exact) mass is 429 g/mol. The number of hydrogen-bond donors (Lipinski definition) is 1. The second kappa shape index (κ2) is 8.15. The molecule has 0 spiro atoms. The van der Waals surface area contributed by atoms with Crippen molar-refractivity contribution < 1.29 is 13.2 Å². The predicted molar refractivity (Wildman–Crippen MR) is 113 cm³/mol. The zero-order chi connectivity index (χ0) is 21.4. The van der Waals surface area contributed by atoms with Crippen LogP contribution in [0.4, 0.5) is 18.9 Å². The average Bonchev–Trinajstić information content (AvgIpc) is 3.50. The summed E-state index contributed by atoms with van der Waals surface area (Å²) in [5, 5.41) is 11.7. The lowest BCUT2D eigenvalue weighted by atomic mass is 10.0. The van der Waals surface area contributed by atoms with Gasteiger partial charge in [0.15, 0.2) is 5.65 Å². The number of halogens is 3. The van der Waals surface area contributed by atoms with E-state index in [0.717, 1.165) is 32.2 Å². The molecule has 31 heavy (non-hydrogen) atoms. The Bertz CT molecular complexity index is 1030. The van der Waals surface area contributed by atoms with Gasteiger partial charge in [0.25, 0.3) is 0 Å². The summed E-state index contributed by atoms with van der Waals surface area (Å²) < 4.78 is 42.9. The number of nitrogens with one attached hydrogen (secondary N) is 1. The highest BCUT2D eigenvalue weighted by Gasteiger charge is 2.37. The first-order valence-electron chi connectivity index (χ1n) is 10.9. The van der Waals surface area contributed by atoms with Gasteiger partial charge in [-0.25, -0.2) is 0 Å². The number of benzene rings is 1. The molecule has 0 atom stereocenters. The van der Waals surface area contributed by atoms with Crippen LogP contribution in [0.15, 0.2) is 42.5 Å². The van der Waals surface area contributed by atoms with E-state index in [0.29, 0.717) is 43.0 Å². The summed E-state index contributed by atoms with van der Waals surface area (Å²) in [7, 11) is 0. The Hall–Kier alpha value is -2.61. The van der Waals surface area contributed by atoms with E-state index in [-0.39, 0.29) is 5.65 Å². The van der Waals surface area contributed by atoms with Crippen molar-refractivity contribution in [2.45, 2.75) is 50.9 Å². The molecule has 0 bridgehead atoms. The molecule has 164 valence electrons. The highest BCUT2D eigenvalue weighted by atomic mass is 19.4. The summed E-state index contributed by atoms with van der Waals surface area (Å²) in [5.41, 5.74) is 1.42. The molecular formula is C23H26F3N5. The third-order valence-electron chi connectivity index (χ3n) is 6.31. The lowest BCUT2D eigenvalue weighted by Crippen LogP contribution is -2.42. The van der Waals surface area contributed by atoms with Crippen LogP contribution in [0.3, 0.4) is 0 Å². The molecular weight excluding hydrogens is 403 g/mol. The summed E-state index contributed by atoms with van der Waals surface area (Å²) >= 11 is 0. The molecule has 0 radical (unpaired) electrons. The molecule has 0 unspecified atom stereocenters. The van der Waals surface area contributed by atoms with Crippen molar-refractivity contribution in [3.8, 4) is 0 Å². The molecule has 2 aliphatic rings. The minimum atomic E-state index is -4.45. The van der Waals surface area contributed by atoms with Crippen molar-refractivity contribution in [3.05, 3.63) is 59.5 Å². The van der Waals surface area contributed by atoms with Gasteiger partial charge in [0, 0.05) is 43.9 Å². The van der Waals surface area contributed by atoms with E-state index in [1.54, 1.807) is 6.07 Å². The first-order valence-corrected chi connectivity index (χ1v) is 10.9. The Morgan fingerprint density at radius 3 is 2.39 bits per heavy atom. The number of hydrogen-bond acceptors (Lipinski definition) is 4. The zero-order valence-corrected chi connectivity index (χ0v) is 17.3. The van der Waals surface area contributed by atoms with E-state index in [1.807, 2.05) is 23.1 Å². The normalized spacial score (nSPS) is 18.1. The van der Waals surface area contributed by atoms with Gasteiger partial charge >= 0.3 is 6.18 Å². The third-order valence-corrected chi connectivity index (χ3v) is 6.31. The summed E-state index contributed by atoms with van der Waals surface area (Å²) in [6.07, 6.45) is -0.00621. The van der Waals surface area contributed by atoms with Crippen LogP contribution in [0.25, 0.3) is 5.65 Å². The van der Waals surface area contributed by atoms with Gasteiger partial charge in [0.2, 0.25) is 0 Å². The number of piperidine rings is 1.